The minimum atomic E-state index is -4.81. The Balaban J connectivity index is 1.57. The summed E-state index contributed by atoms with van der Waals surface area (Å²) in [5, 5.41) is 3.31. The molecule has 0 atom stereocenters. The first-order valence-electron chi connectivity index (χ1n) is 10.6. The van der Waals surface area contributed by atoms with E-state index in [4.69, 9.17) is 23.2 Å². The highest BCUT2D eigenvalue weighted by atomic mass is 35.5. The number of rotatable bonds is 8. The van der Waals surface area contributed by atoms with Crippen molar-refractivity contribution in [3.8, 4) is 5.75 Å². The number of amides is 1. The molecule has 0 aliphatic carbocycles. The maximum absolute atomic E-state index is 13.5. The molecule has 11 heteroatoms. The van der Waals surface area contributed by atoms with Crippen molar-refractivity contribution in [2.75, 3.05) is 0 Å². The van der Waals surface area contributed by atoms with Crippen LogP contribution >= 0.6 is 34.5 Å². The number of aromatic nitrogens is 2. The SMILES string of the molecule is O=C(c1csc(Cc2c(Cl)cccc2Cl)n1)N(Cc1ccncc1)Cc1cccc(OC(F)(F)F)c1. The molecule has 0 N–H and O–H groups in total. The van der Waals surface area contributed by atoms with Gasteiger partial charge < -0.3 is 9.64 Å². The van der Waals surface area contributed by atoms with E-state index in [1.807, 2.05) is 0 Å². The van der Waals surface area contributed by atoms with Crippen LogP contribution in [0, 0.1) is 0 Å². The maximum Gasteiger partial charge on any atom is 0.573 e. The van der Waals surface area contributed by atoms with Gasteiger partial charge in [-0.2, -0.15) is 0 Å². The Labute approximate surface area is 219 Å². The number of hydrogen-bond acceptors (Lipinski definition) is 5. The fourth-order valence-corrected chi connectivity index (χ4v) is 4.79. The topological polar surface area (TPSA) is 55.3 Å². The predicted molar refractivity (Wildman–Crippen MR) is 132 cm³/mol. The Bertz CT molecular complexity index is 1330. The highest BCUT2D eigenvalue weighted by Gasteiger charge is 2.31. The number of halogens is 5. The van der Waals surface area contributed by atoms with Gasteiger partial charge in [0.05, 0.1) is 5.01 Å². The fourth-order valence-electron chi connectivity index (χ4n) is 3.47. The lowest BCUT2D eigenvalue weighted by Gasteiger charge is -2.22. The third kappa shape index (κ3) is 6.96. The minimum absolute atomic E-state index is 0.0411. The molecule has 0 spiro atoms. The number of thiazole rings is 1. The first kappa shape index (κ1) is 25.9. The molecule has 0 bridgehead atoms. The summed E-state index contributed by atoms with van der Waals surface area (Å²) >= 11 is 13.8. The number of carbonyl (C=O) groups excluding carboxylic acids is 1. The Morgan fingerprint density at radius 1 is 0.972 bits per heavy atom. The van der Waals surface area contributed by atoms with Crippen LogP contribution < -0.4 is 4.74 Å². The van der Waals surface area contributed by atoms with Crippen molar-refractivity contribution < 1.29 is 22.7 Å². The first-order chi connectivity index (χ1) is 17.2. The van der Waals surface area contributed by atoms with Crippen molar-refractivity contribution in [2.45, 2.75) is 25.9 Å². The van der Waals surface area contributed by atoms with Gasteiger partial charge in [0.2, 0.25) is 0 Å². The smallest absolute Gasteiger partial charge is 0.406 e. The van der Waals surface area contributed by atoms with Gasteiger partial charge in [0.1, 0.15) is 11.4 Å². The quantitative estimate of drug-likeness (QED) is 0.233. The highest BCUT2D eigenvalue weighted by Crippen LogP contribution is 2.29. The van der Waals surface area contributed by atoms with Crippen LogP contribution in [-0.2, 0) is 19.5 Å². The van der Waals surface area contributed by atoms with Crippen LogP contribution in [0.4, 0.5) is 13.2 Å². The average Bonchev–Trinajstić information content (AvgIpc) is 3.29. The molecule has 2 aromatic carbocycles. The molecule has 4 aromatic rings. The molecule has 0 aliphatic rings. The van der Waals surface area contributed by atoms with Crippen LogP contribution in [0.1, 0.15) is 32.2 Å². The van der Waals surface area contributed by atoms with E-state index in [1.165, 1.54) is 34.4 Å². The summed E-state index contributed by atoms with van der Waals surface area (Å²) in [4.78, 5) is 23.4. The van der Waals surface area contributed by atoms with E-state index in [9.17, 15) is 18.0 Å². The molecular formula is C25H18Cl2F3N3O2S. The minimum Gasteiger partial charge on any atom is -0.406 e. The van der Waals surface area contributed by atoms with Crippen molar-refractivity contribution in [3.63, 3.8) is 0 Å². The van der Waals surface area contributed by atoms with Crippen LogP contribution in [0.5, 0.6) is 5.75 Å². The molecule has 1 amide bonds. The first-order valence-corrected chi connectivity index (χ1v) is 12.2. The monoisotopic (exact) mass is 551 g/mol. The van der Waals surface area contributed by atoms with Gasteiger partial charge in [-0.25, -0.2) is 4.98 Å². The molecule has 186 valence electrons. The van der Waals surface area contributed by atoms with Crippen molar-refractivity contribution in [1.29, 1.82) is 0 Å². The van der Waals surface area contributed by atoms with Crippen molar-refractivity contribution in [1.82, 2.24) is 14.9 Å². The molecule has 0 aliphatic heterocycles. The number of nitrogens with zero attached hydrogens (tertiary/aromatic N) is 3. The van der Waals surface area contributed by atoms with Gasteiger partial charge in [-0.15, -0.1) is 24.5 Å². The summed E-state index contributed by atoms with van der Waals surface area (Å²) in [6, 6.07) is 14.3. The lowest BCUT2D eigenvalue weighted by molar-refractivity contribution is -0.274. The van der Waals surface area contributed by atoms with Gasteiger partial charge in [0, 0.05) is 47.3 Å². The second-order valence-electron chi connectivity index (χ2n) is 7.72. The standard InChI is InChI=1S/C25H18Cl2F3N3O2S/c26-20-5-2-6-21(27)19(20)12-23-32-22(15-36-23)24(34)33(13-16-7-9-31-10-8-16)14-17-3-1-4-18(11-17)35-25(28,29)30/h1-11,15H,12-14H2. The van der Waals surface area contributed by atoms with Gasteiger partial charge in [-0.1, -0.05) is 41.4 Å². The highest BCUT2D eigenvalue weighted by molar-refractivity contribution is 7.09. The number of benzene rings is 2. The van der Waals surface area contributed by atoms with Crippen molar-refractivity contribution >= 4 is 40.4 Å². The van der Waals surface area contributed by atoms with Crippen LogP contribution in [0.15, 0.2) is 72.4 Å². The summed E-state index contributed by atoms with van der Waals surface area (Å²) in [5.41, 5.74) is 2.20. The molecule has 0 unspecified atom stereocenters. The molecule has 5 nitrogen and oxygen atoms in total. The molecule has 4 rings (SSSR count). The third-order valence-electron chi connectivity index (χ3n) is 5.08. The summed E-state index contributed by atoms with van der Waals surface area (Å²) in [5.74, 6) is -0.731. The zero-order valence-electron chi connectivity index (χ0n) is 18.5. The van der Waals surface area contributed by atoms with Gasteiger partial charge in [0.15, 0.2) is 0 Å². The van der Waals surface area contributed by atoms with Crippen LogP contribution in [0.3, 0.4) is 0 Å². The molecule has 0 radical (unpaired) electrons. The van der Waals surface area contributed by atoms with Crippen LogP contribution in [0.2, 0.25) is 10.0 Å². The predicted octanol–water partition coefficient (Wildman–Crippen LogP) is 7.18. The van der Waals surface area contributed by atoms with E-state index < -0.39 is 6.36 Å². The Hall–Kier alpha value is -3.14. The van der Waals surface area contributed by atoms with E-state index in [0.29, 0.717) is 32.6 Å². The van der Waals surface area contributed by atoms with Crippen molar-refractivity contribution in [3.05, 3.63) is 110 Å². The maximum atomic E-state index is 13.5. The average molecular weight is 552 g/mol. The fraction of sp³-hybridized carbons (Fsp3) is 0.160. The summed E-state index contributed by atoms with van der Waals surface area (Å²) in [6.45, 7) is 0.244. The summed E-state index contributed by atoms with van der Waals surface area (Å²) < 4.78 is 42.0. The summed E-state index contributed by atoms with van der Waals surface area (Å²) in [7, 11) is 0. The van der Waals surface area contributed by atoms with Gasteiger partial charge in [-0.05, 0) is 53.1 Å². The molecule has 0 saturated carbocycles. The van der Waals surface area contributed by atoms with E-state index in [2.05, 4.69) is 14.7 Å². The second kappa shape index (κ2) is 11.3. The van der Waals surface area contributed by atoms with E-state index in [0.717, 1.165) is 5.56 Å². The van der Waals surface area contributed by atoms with E-state index in [-0.39, 0.29) is 30.4 Å². The van der Waals surface area contributed by atoms with E-state index in [1.54, 1.807) is 54.2 Å². The zero-order valence-corrected chi connectivity index (χ0v) is 20.8. The lowest BCUT2D eigenvalue weighted by atomic mass is 10.1. The molecule has 2 aromatic heterocycles. The van der Waals surface area contributed by atoms with E-state index >= 15 is 0 Å². The molecule has 36 heavy (non-hydrogen) atoms. The molecule has 2 heterocycles. The normalized spacial score (nSPS) is 11.4. The molecule has 0 saturated heterocycles. The number of carbonyl (C=O) groups is 1. The van der Waals surface area contributed by atoms with Crippen LogP contribution in [0.25, 0.3) is 0 Å². The third-order valence-corrected chi connectivity index (χ3v) is 6.63. The van der Waals surface area contributed by atoms with Gasteiger partial charge in [-0.3, -0.25) is 9.78 Å². The molecular weight excluding hydrogens is 534 g/mol. The van der Waals surface area contributed by atoms with Crippen molar-refractivity contribution in [2.24, 2.45) is 0 Å². The van der Waals surface area contributed by atoms with Gasteiger partial charge >= 0.3 is 6.36 Å². The second-order valence-corrected chi connectivity index (χ2v) is 9.47. The van der Waals surface area contributed by atoms with Crippen LogP contribution in [-0.4, -0.2) is 27.1 Å². The molecule has 0 fully saturated rings. The Morgan fingerprint density at radius 2 is 1.64 bits per heavy atom. The summed E-state index contributed by atoms with van der Waals surface area (Å²) in [6.07, 6.45) is -1.25. The zero-order chi connectivity index (χ0) is 25.7. The Kier molecular flexibility index (Phi) is 8.13. The number of ether oxygens (including phenoxy) is 1. The number of hydrogen-bond donors (Lipinski definition) is 0. The number of pyridine rings is 1. The Morgan fingerprint density at radius 3 is 2.33 bits per heavy atom. The van der Waals surface area contributed by atoms with Gasteiger partial charge in [0.25, 0.3) is 5.91 Å². The number of alkyl halides is 3. The largest absolute Gasteiger partial charge is 0.573 e. The lowest BCUT2D eigenvalue weighted by Crippen LogP contribution is -2.30.